The van der Waals surface area contributed by atoms with E-state index in [1.807, 2.05) is 36.4 Å². The first-order valence-corrected chi connectivity index (χ1v) is 13.2. The third kappa shape index (κ3) is 6.61. The van der Waals surface area contributed by atoms with Gasteiger partial charge in [0.1, 0.15) is 0 Å². The maximum Gasteiger partial charge on any atom is 0.0991 e. The maximum atomic E-state index is 9.60. The number of nitriles is 2. The van der Waals surface area contributed by atoms with Gasteiger partial charge in [-0.1, -0.05) is 78.9 Å². The van der Waals surface area contributed by atoms with E-state index in [4.69, 9.17) is 0 Å². The molecule has 0 aliphatic carbocycles. The lowest BCUT2D eigenvalue weighted by molar-refractivity contribution is 0.401. The molecule has 0 radical (unpaired) electrons. The van der Waals surface area contributed by atoms with Crippen LogP contribution in [-0.4, -0.2) is 6.04 Å². The Hall–Kier alpha value is -3.45. The summed E-state index contributed by atoms with van der Waals surface area (Å²) in [5, 5.41) is 22.8. The zero-order chi connectivity index (χ0) is 25.3. The van der Waals surface area contributed by atoms with Gasteiger partial charge in [-0.25, -0.2) is 0 Å². The van der Waals surface area contributed by atoms with Crippen LogP contribution < -0.4 is 5.32 Å². The van der Waals surface area contributed by atoms with Crippen molar-refractivity contribution in [2.24, 2.45) is 0 Å². The van der Waals surface area contributed by atoms with Crippen molar-refractivity contribution in [1.82, 2.24) is 5.32 Å². The van der Waals surface area contributed by atoms with Gasteiger partial charge >= 0.3 is 0 Å². The molecule has 0 aliphatic rings. The van der Waals surface area contributed by atoms with Gasteiger partial charge in [0, 0.05) is 21.6 Å². The monoisotopic (exact) mass is 581 g/mol. The predicted octanol–water partition coefficient (Wildman–Crippen LogP) is 7.79. The quantitative estimate of drug-likeness (QED) is 0.205. The first-order valence-electron chi connectivity index (χ1n) is 12.1. The minimum atomic E-state index is -0.0896. The Labute approximate surface area is 227 Å². The first kappa shape index (κ1) is 25.6. The molecule has 0 bridgehead atoms. The van der Waals surface area contributed by atoms with E-state index in [1.165, 1.54) is 14.7 Å². The molecule has 0 amide bonds. The van der Waals surface area contributed by atoms with Gasteiger partial charge in [-0.2, -0.15) is 10.5 Å². The second kappa shape index (κ2) is 12.5. The average molecular weight is 582 g/mol. The van der Waals surface area contributed by atoms with Crippen molar-refractivity contribution in [3.63, 3.8) is 0 Å². The summed E-state index contributed by atoms with van der Waals surface area (Å²) in [6.07, 6.45) is 1.22. The lowest BCUT2D eigenvalue weighted by Gasteiger charge is -2.30. The molecule has 0 saturated heterocycles. The number of hydrogen-bond acceptors (Lipinski definition) is 3. The number of nitrogens with one attached hydrogen (secondary N) is 1. The summed E-state index contributed by atoms with van der Waals surface area (Å²) in [7, 11) is 0. The molecule has 4 rings (SSSR count). The van der Waals surface area contributed by atoms with Crippen LogP contribution in [0.5, 0.6) is 0 Å². The molecule has 0 aromatic heterocycles. The van der Waals surface area contributed by atoms with Crippen LogP contribution in [0.1, 0.15) is 47.6 Å². The third-order valence-corrected chi connectivity index (χ3v) is 7.32. The molecule has 1 N–H and O–H groups in total. The molecule has 0 fully saturated rings. The number of rotatable bonds is 9. The highest BCUT2D eigenvalue weighted by Crippen LogP contribution is 2.29. The van der Waals surface area contributed by atoms with Gasteiger partial charge in [-0.15, -0.1) is 0 Å². The van der Waals surface area contributed by atoms with E-state index < -0.39 is 0 Å². The molecular weight excluding hydrogens is 553 g/mol. The highest BCUT2D eigenvalue weighted by molar-refractivity contribution is 14.1. The Morgan fingerprint density at radius 3 is 2.14 bits per heavy atom. The van der Waals surface area contributed by atoms with E-state index >= 15 is 0 Å². The van der Waals surface area contributed by atoms with Crippen molar-refractivity contribution in [2.75, 3.05) is 0 Å². The van der Waals surface area contributed by atoms with E-state index in [1.54, 1.807) is 0 Å². The van der Waals surface area contributed by atoms with Crippen LogP contribution in [0.3, 0.4) is 0 Å². The van der Waals surface area contributed by atoms with Gasteiger partial charge in [-0.3, -0.25) is 0 Å². The Balaban J connectivity index is 1.59. The van der Waals surface area contributed by atoms with Gasteiger partial charge in [0.2, 0.25) is 0 Å². The molecule has 4 heteroatoms. The van der Waals surface area contributed by atoms with Crippen LogP contribution in [0.25, 0.3) is 11.1 Å². The minimum absolute atomic E-state index is 0.0744. The average Bonchev–Trinajstić information content (AvgIpc) is 2.93. The van der Waals surface area contributed by atoms with E-state index in [0.29, 0.717) is 12.0 Å². The van der Waals surface area contributed by atoms with Crippen molar-refractivity contribution in [3.05, 3.63) is 129 Å². The largest absolute Gasteiger partial charge is 0.306 e. The predicted molar refractivity (Wildman–Crippen MR) is 154 cm³/mol. The lowest BCUT2D eigenvalue weighted by Crippen LogP contribution is -2.36. The molecule has 4 aromatic rings. The topological polar surface area (TPSA) is 59.6 Å². The SMILES string of the molecule is C[C@H](NC(CC#N)c1ccc(-c2ccccc2)cc1)[C@@H](Cc1ccc(I)cc1)c1cccc(C#N)c1. The molecule has 3 atom stereocenters. The number of hydrogen-bond donors (Lipinski definition) is 1. The molecule has 0 spiro atoms. The fraction of sp³-hybridized carbons (Fsp3) is 0.188. The molecule has 36 heavy (non-hydrogen) atoms. The zero-order valence-electron chi connectivity index (χ0n) is 20.2. The molecule has 3 nitrogen and oxygen atoms in total. The van der Waals surface area contributed by atoms with E-state index in [0.717, 1.165) is 23.1 Å². The Morgan fingerprint density at radius 1 is 0.778 bits per heavy atom. The highest BCUT2D eigenvalue weighted by Gasteiger charge is 2.24. The van der Waals surface area contributed by atoms with Gasteiger partial charge in [0.25, 0.3) is 0 Å². The van der Waals surface area contributed by atoms with Crippen molar-refractivity contribution in [3.8, 4) is 23.3 Å². The van der Waals surface area contributed by atoms with Crippen LogP contribution in [0.4, 0.5) is 0 Å². The summed E-state index contributed by atoms with van der Waals surface area (Å²) in [4.78, 5) is 0. The van der Waals surface area contributed by atoms with E-state index in [9.17, 15) is 10.5 Å². The summed E-state index contributed by atoms with van der Waals surface area (Å²) in [5.74, 6) is 0.142. The number of nitrogens with zero attached hydrogens (tertiary/aromatic N) is 2. The highest BCUT2D eigenvalue weighted by atomic mass is 127. The van der Waals surface area contributed by atoms with Crippen LogP contribution in [0, 0.1) is 26.2 Å². The Morgan fingerprint density at radius 2 is 1.47 bits per heavy atom. The van der Waals surface area contributed by atoms with Crippen molar-refractivity contribution < 1.29 is 0 Å². The number of benzene rings is 4. The van der Waals surface area contributed by atoms with Gasteiger partial charge in [0.15, 0.2) is 0 Å². The van der Waals surface area contributed by atoms with Crippen molar-refractivity contribution >= 4 is 22.6 Å². The fourth-order valence-corrected chi connectivity index (χ4v) is 4.99. The fourth-order valence-electron chi connectivity index (χ4n) is 4.63. The second-order valence-corrected chi connectivity index (χ2v) is 10.3. The van der Waals surface area contributed by atoms with Gasteiger partial charge in [0.05, 0.1) is 24.1 Å². The molecule has 4 aromatic carbocycles. The molecule has 0 aliphatic heterocycles. The summed E-state index contributed by atoms with van der Waals surface area (Å²) in [6.45, 7) is 2.18. The van der Waals surface area contributed by atoms with Crippen LogP contribution in [-0.2, 0) is 6.42 Å². The first-order chi connectivity index (χ1) is 17.6. The van der Waals surface area contributed by atoms with Gasteiger partial charge < -0.3 is 5.32 Å². The Bertz CT molecular complexity index is 1350. The van der Waals surface area contributed by atoms with E-state index in [-0.39, 0.29) is 18.0 Å². The smallest absolute Gasteiger partial charge is 0.0991 e. The molecule has 178 valence electrons. The lowest BCUT2D eigenvalue weighted by atomic mass is 9.85. The third-order valence-electron chi connectivity index (χ3n) is 6.60. The normalized spacial score (nSPS) is 13.2. The summed E-state index contributed by atoms with van der Waals surface area (Å²) >= 11 is 2.32. The summed E-state index contributed by atoms with van der Waals surface area (Å²) in [6, 6.07) is 39.9. The van der Waals surface area contributed by atoms with Gasteiger partial charge in [-0.05, 0) is 88.0 Å². The number of halogens is 1. The van der Waals surface area contributed by atoms with Crippen molar-refractivity contribution in [2.45, 2.75) is 37.8 Å². The molecule has 1 unspecified atom stereocenters. The van der Waals surface area contributed by atoms with Crippen LogP contribution in [0.2, 0.25) is 0 Å². The van der Waals surface area contributed by atoms with Crippen LogP contribution in [0.15, 0.2) is 103 Å². The van der Waals surface area contributed by atoms with E-state index in [2.05, 4.69) is 114 Å². The molecular formula is C32H28IN3. The van der Waals surface area contributed by atoms with Crippen LogP contribution >= 0.6 is 22.6 Å². The summed E-state index contributed by atoms with van der Waals surface area (Å²) in [5.41, 5.74) is 6.48. The minimum Gasteiger partial charge on any atom is -0.306 e. The molecule has 0 saturated carbocycles. The maximum absolute atomic E-state index is 9.60. The molecule has 0 heterocycles. The Kier molecular flexibility index (Phi) is 8.90. The zero-order valence-corrected chi connectivity index (χ0v) is 22.4. The van der Waals surface area contributed by atoms with Crippen molar-refractivity contribution in [1.29, 1.82) is 10.5 Å². The second-order valence-electron chi connectivity index (χ2n) is 9.03. The summed E-state index contributed by atoms with van der Waals surface area (Å²) < 4.78 is 1.21. The standard InChI is InChI=1S/C32H28IN3/c1-23(31(21-24-10-16-30(33)17-11-24)29-9-5-6-25(20-29)22-35)36-32(18-19-34)28-14-12-27(13-15-28)26-7-3-2-4-8-26/h2-17,20,23,31-32,36H,18,21H2,1H3/t23-,31+,32?/m0/s1.